The Kier molecular flexibility index (Phi) is 6.80. The van der Waals surface area contributed by atoms with Gasteiger partial charge in [0.2, 0.25) is 5.95 Å². The first-order chi connectivity index (χ1) is 30.7. The van der Waals surface area contributed by atoms with Crippen LogP contribution in [0.15, 0.2) is 205 Å². The molecule has 0 bridgehead atoms. The first-order valence-electron chi connectivity index (χ1n) is 21.1. The molecule has 4 nitrogen and oxygen atoms in total. The van der Waals surface area contributed by atoms with Crippen LogP contribution in [0, 0.1) is 0 Å². The van der Waals surface area contributed by atoms with Crippen LogP contribution < -0.4 is 0 Å². The second-order valence-corrected chi connectivity index (χ2v) is 16.5. The van der Waals surface area contributed by atoms with Gasteiger partial charge in [0.1, 0.15) is 11.2 Å². The van der Waals surface area contributed by atoms with Crippen LogP contribution in [0.1, 0.15) is 0 Å². The van der Waals surface area contributed by atoms with Crippen molar-refractivity contribution < 1.29 is 4.42 Å². The summed E-state index contributed by atoms with van der Waals surface area (Å²) in [5.74, 6) is 0.646. The summed E-state index contributed by atoms with van der Waals surface area (Å²) in [7, 11) is 0. The number of nitrogens with zero attached hydrogens (tertiary/aromatic N) is 3. The largest absolute Gasteiger partial charge is 0.456 e. The summed E-state index contributed by atoms with van der Waals surface area (Å²) < 4.78 is 8.83. The Morgan fingerprint density at radius 3 is 1.84 bits per heavy atom. The zero-order valence-corrected chi connectivity index (χ0v) is 33.3. The van der Waals surface area contributed by atoms with E-state index in [0.717, 1.165) is 71.6 Å². The molecule has 0 amide bonds. The Bertz CT molecular complexity index is 4040. The topological polar surface area (TPSA) is 43.9 Å². The summed E-state index contributed by atoms with van der Waals surface area (Å²) in [5, 5.41) is 10.6. The van der Waals surface area contributed by atoms with Crippen molar-refractivity contribution in [1.29, 1.82) is 0 Å². The molecule has 13 aromatic rings. The highest BCUT2D eigenvalue weighted by Crippen LogP contribution is 2.51. The third-order valence-corrected chi connectivity index (χ3v) is 13.2. The summed E-state index contributed by atoms with van der Waals surface area (Å²) in [6.45, 7) is 0. The van der Waals surface area contributed by atoms with E-state index in [1.807, 2.05) is 0 Å². The molecule has 4 heteroatoms. The van der Waals surface area contributed by atoms with Crippen molar-refractivity contribution in [3.05, 3.63) is 200 Å². The van der Waals surface area contributed by atoms with Crippen LogP contribution in [-0.2, 0) is 0 Å². The number of para-hydroxylation sites is 2. The molecule has 0 saturated carbocycles. The maximum atomic E-state index is 6.61. The maximum Gasteiger partial charge on any atom is 0.235 e. The van der Waals surface area contributed by atoms with Crippen molar-refractivity contribution in [3.63, 3.8) is 0 Å². The normalized spacial score (nSPS) is 12.2. The van der Waals surface area contributed by atoms with E-state index in [9.17, 15) is 0 Å². The van der Waals surface area contributed by atoms with E-state index in [4.69, 9.17) is 14.4 Å². The van der Waals surface area contributed by atoms with Gasteiger partial charge in [-0.15, -0.1) is 0 Å². The molecule has 0 spiro atoms. The van der Waals surface area contributed by atoms with Crippen molar-refractivity contribution in [2.75, 3.05) is 0 Å². The summed E-state index contributed by atoms with van der Waals surface area (Å²) in [6.07, 6.45) is 0. The molecule has 0 radical (unpaired) electrons. The average molecular weight is 788 g/mol. The molecule has 1 aliphatic carbocycles. The molecule has 1 aliphatic rings. The maximum absolute atomic E-state index is 6.61. The fraction of sp³-hybridized carbons (Fsp3) is 0. The first kappa shape index (κ1) is 33.5. The van der Waals surface area contributed by atoms with Gasteiger partial charge in [0.15, 0.2) is 0 Å². The van der Waals surface area contributed by atoms with Crippen LogP contribution in [0.2, 0.25) is 0 Å². The lowest BCUT2D eigenvalue weighted by atomic mass is 9.96. The van der Waals surface area contributed by atoms with E-state index in [2.05, 4.69) is 205 Å². The predicted molar refractivity (Wildman–Crippen MR) is 257 cm³/mol. The fourth-order valence-corrected chi connectivity index (χ4v) is 10.4. The Morgan fingerprint density at radius 1 is 0.339 bits per heavy atom. The molecule has 0 saturated heterocycles. The van der Waals surface area contributed by atoms with Gasteiger partial charge in [0.05, 0.1) is 22.2 Å². The first-order valence-corrected chi connectivity index (χ1v) is 21.1. The molecule has 0 N–H and O–H groups in total. The van der Waals surface area contributed by atoms with Crippen LogP contribution in [0.5, 0.6) is 0 Å². The number of rotatable bonds is 4. The summed E-state index contributed by atoms with van der Waals surface area (Å²) in [6, 6.07) is 71.9. The predicted octanol–water partition coefficient (Wildman–Crippen LogP) is 15.6. The molecule has 0 unspecified atom stereocenters. The van der Waals surface area contributed by atoms with Crippen molar-refractivity contribution in [2.24, 2.45) is 0 Å². The molecule has 14 rings (SSSR count). The van der Waals surface area contributed by atoms with Crippen LogP contribution >= 0.6 is 0 Å². The van der Waals surface area contributed by atoms with E-state index < -0.39 is 0 Å². The van der Waals surface area contributed by atoms with Crippen molar-refractivity contribution in [3.8, 4) is 61.7 Å². The van der Waals surface area contributed by atoms with Gasteiger partial charge in [-0.1, -0.05) is 158 Å². The molecule has 0 aliphatic heterocycles. The molecule has 286 valence electrons. The molecule has 0 atom stereocenters. The third kappa shape index (κ3) is 4.72. The Balaban J connectivity index is 0.914. The van der Waals surface area contributed by atoms with E-state index in [1.165, 1.54) is 60.3 Å². The van der Waals surface area contributed by atoms with Gasteiger partial charge in [0, 0.05) is 32.5 Å². The minimum absolute atomic E-state index is 0.646. The zero-order valence-electron chi connectivity index (χ0n) is 33.3. The Morgan fingerprint density at radius 2 is 0.952 bits per heavy atom. The van der Waals surface area contributed by atoms with Crippen LogP contribution in [0.25, 0.3) is 138 Å². The quantitative estimate of drug-likeness (QED) is 0.178. The summed E-state index contributed by atoms with van der Waals surface area (Å²) in [4.78, 5) is 10.6. The Labute approximate surface area is 355 Å². The number of fused-ring (bicyclic) bond motifs is 12. The smallest absolute Gasteiger partial charge is 0.235 e. The average Bonchev–Trinajstić information content (AvgIpc) is 3.99. The molecular formula is C58H33N3O. The number of hydrogen-bond acceptors (Lipinski definition) is 3. The lowest BCUT2D eigenvalue weighted by Gasteiger charge is -2.13. The second kappa shape index (κ2) is 12.6. The van der Waals surface area contributed by atoms with E-state index in [1.54, 1.807) is 0 Å². The second-order valence-electron chi connectivity index (χ2n) is 16.5. The minimum Gasteiger partial charge on any atom is -0.456 e. The van der Waals surface area contributed by atoms with Gasteiger partial charge < -0.3 is 4.42 Å². The summed E-state index contributed by atoms with van der Waals surface area (Å²) >= 11 is 0. The highest BCUT2D eigenvalue weighted by molar-refractivity contribution is 6.28. The van der Waals surface area contributed by atoms with Crippen molar-refractivity contribution in [2.45, 2.75) is 0 Å². The van der Waals surface area contributed by atoms with E-state index >= 15 is 0 Å². The molecule has 62 heavy (non-hydrogen) atoms. The minimum atomic E-state index is 0.646. The van der Waals surface area contributed by atoms with Gasteiger partial charge in [-0.25, -0.2) is 9.97 Å². The SMILES string of the molecule is c1ccc2c(c1)-c1cccc3c1c-2cc1oc2ccc(-c4ccc5c(c4)c4ccccc4n5-c4nc(-c5ccc(-c6cccc7ccccc67)cc5)c5ccccc5n4)cc2c13. The molecule has 0 fully saturated rings. The highest BCUT2D eigenvalue weighted by atomic mass is 16.3. The monoisotopic (exact) mass is 787 g/mol. The number of furan rings is 1. The van der Waals surface area contributed by atoms with Gasteiger partial charge in [-0.05, 0) is 109 Å². The fourth-order valence-electron chi connectivity index (χ4n) is 10.4. The van der Waals surface area contributed by atoms with Crippen LogP contribution in [0.3, 0.4) is 0 Å². The Hall–Kier alpha value is -8.34. The van der Waals surface area contributed by atoms with Crippen molar-refractivity contribution in [1.82, 2.24) is 14.5 Å². The summed E-state index contributed by atoms with van der Waals surface area (Å²) in [5.41, 5.74) is 16.6. The lowest BCUT2D eigenvalue weighted by molar-refractivity contribution is 0.669. The molecule has 10 aromatic carbocycles. The highest BCUT2D eigenvalue weighted by Gasteiger charge is 2.25. The number of benzene rings is 10. The van der Waals surface area contributed by atoms with Gasteiger partial charge in [-0.3, -0.25) is 4.57 Å². The van der Waals surface area contributed by atoms with Gasteiger partial charge in [0.25, 0.3) is 0 Å². The van der Waals surface area contributed by atoms with Crippen molar-refractivity contribution >= 4 is 76.2 Å². The molecule has 3 aromatic heterocycles. The van der Waals surface area contributed by atoms with Gasteiger partial charge in [-0.2, -0.15) is 0 Å². The number of aromatic nitrogens is 3. The number of hydrogen-bond donors (Lipinski definition) is 0. The third-order valence-electron chi connectivity index (χ3n) is 13.2. The van der Waals surface area contributed by atoms with Crippen LogP contribution in [0.4, 0.5) is 0 Å². The standard InChI is InChI=1S/C58H33N3O/c1-2-13-39-34(11-1)12-9-18-40(39)35-23-25-36(26-24-35)57-45-17-5-7-21-50(45)59-58(60-57)61-51-22-8-6-16-43(51)47-31-37(27-29-52(47)61)38-28-30-53-49(32-38)56-46-20-10-19-44-41-14-3-4-15-42(41)48(55(44)46)33-54(56)62-53/h1-33H. The van der Waals surface area contributed by atoms with Gasteiger partial charge >= 0.3 is 0 Å². The molecular weight excluding hydrogens is 755 g/mol. The lowest BCUT2D eigenvalue weighted by Crippen LogP contribution is -2.03. The molecule has 3 heterocycles. The van der Waals surface area contributed by atoms with E-state index in [0.29, 0.717) is 5.95 Å². The van der Waals surface area contributed by atoms with E-state index in [-0.39, 0.29) is 0 Å². The zero-order chi connectivity index (χ0) is 40.5. The van der Waals surface area contributed by atoms with Crippen LogP contribution in [-0.4, -0.2) is 14.5 Å².